The summed E-state index contributed by atoms with van der Waals surface area (Å²) in [7, 11) is -3.74. The minimum atomic E-state index is -3.74. The van der Waals surface area contributed by atoms with Crippen molar-refractivity contribution >= 4 is 32.8 Å². The fourth-order valence-electron chi connectivity index (χ4n) is 3.47. The van der Waals surface area contributed by atoms with Gasteiger partial charge in [0, 0.05) is 36.2 Å². The topological polar surface area (TPSA) is 118 Å². The van der Waals surface area contributed by atoms with Crippen LogP contribution in [0, 0.1) is 16.0 Å². The first-order valence-corrected chi connectivity index (χ1v) is 11.3. The summed E-state index contributed by atoms with van der Waals surface area (Å²) in [5.74, 6) is 0.118. The third-order valence-electron chi connectivity index (χ3n) is 4.97. The lowest BCUT2D eigenvalue weighted by Gasteiger charge is -2.12. The van der Waals surface area contributed by atoms with Crippen LogP contribution in [-0.4, -0.2) is 25.5 Å². The minimum Gasteiger partial charge on any atom is -0.381 e. The van der Waals surface area contributed by atoms with Crippen LogP contribution in [0.1, 0.15) is 31.2 Å². The number of benzene rings is 2. The van der Waals surface area contributed by atoms with Gasteiger partial charge in [-0.15, -0.1) is 0 Å². The van der Waals surface area contributed by atoms with Gasteiger partial charge in [0.25, 0.3) is 5.69 Å². The van der Waals surface area contributed by atoms with Gasteiger partial charge < -0.3 is 10.6 Å². The van der Waals surface area contributed by atoms with Gasteiger partial charge in [0.05, 0.1) is 4.92 Å². The van der Waals surface area contributed by atoms with Crippen LogP contribution in [0.5, 0.6) is 0 Å². The molecule has 2 N–H and O–H groups in total. The quantitative estimate of drug-likeness (QED) is 0.523. The smallest absolute Gasteiger partial charge is 0.288 e. The third-order valence-corrected chi connectivity index (χ3v) is 6.10. The van der Waals surface area contributed by atoms with Crippen molar-refractivity contribution < 1.29 is 18.1 Å². The number of nitro benzene ring substituents is 1. The van der Waals surface area contributed by atoms with Gasteiger partial charge in [-0.1, -0.05) is 25.0 Å². The van der Waals surface area contributed by atoms with Crippen LogP contribution in [0.3, 0.4) is 0 Å². The van der Waals surface area contributed by atoms with Gasteiger partial charge in [0.15, 0.2) is 9.84 Å². The van der Waals surface area contributed by atoms with Crippen molar-refractivity contribution in [3.05, 3.63) is 58.1 Å². The Balaban J connectivity index is 1.70. The minimum absolute atomic E-state index is 0.0424. The normalized spacial score (nSPS) is 14.5. The highest BCUT2D eigenvalue weighted by Gasteiger charge is 2.23. The summed E-state index contributed by atoms with van der Waals surface area (Å²) in [4.78, 5) is 22.3. The van der Waals surface area contributed by atoms with E-state index in [-0.39, 0.29) is 16.7 Å². The average Bonchev–Trinajstić information content (AvgIpc) is 3.20. The monoisotopic (exact) mass is 417 g/mol. The summed E-state index contributed by atoms with van der Waals surface area (Å²) in [6.45, 7) is 0.369. The summed E-state index contributed by atoms with van der Waals surface area (Å²) in [6.07, 6.45) is 4.97. The lowest BCUT2D eigenvalue weighted by molar-refractivity contribution is -0.387. The maximum Gasteiger partial charge on any atom is 0.288 e. The van der Waals surface area contributed by atoms with Gasteiger partial charge in [-0.3, -0.25) is 14.9 Å². The highest BCUT2D eigenvalue weighted by Crippen LogP contribution is 2.28. The van der Waals surface area contributed by atoms with Gasteiger partial charge in [-0.2, -0.15) is 0 Å². The lowest BCUT2D eigenvalue weighted by atomic mass is 10.1. The molecule has 0 aliphatic heterocycles. The van der Waals surface area contributed by atoms with Crippen molar-refractivity contribution in [2.75, 3.05) is 16.9 Å². The molecule has 0 atom stereocenters. The molecular formula is C20H23N3O5S. The molecule has 3 rings (SSSR count). The lowest BCUT2D eigenvalue weighted by Crippen LogP contribution is -2.20. The average molecular weight is 417 g/mol. The second kappa shape index (κ2) is 8.60. The van der Waals surface area contributed by atoms with Crippen molar-refractivity contribution in [3.8, 4) is 0 Å². The van der Waals surface area contributed by atoms with Crippen LogP contribution in [-0.2, 0) is 21.2 Å². The number of nitro groups is 1. The van der Waals surface area contributed by atoms with E-state index in [9.17, 15) is 23.3 Å². The number of nitrogens with one attached hydrogen (secondary N) is 2. The highest BCUT2D eigenvalue weighted by atomic mass is 32.2. The number of sulfone groups is 1. The summed E-state index contributed by atoms with van der Waals surface area (Å²) in [5, 5.41) is 17.1. The number of nitrogens with zero attached hydrogens (tertiary/aromatic N) is 1. The van der Waals surface area contributed by atoms with E-state index in [2.05, 4.69) is 10.6 Å². The van der Waals surface area contributed by atoms with Gasteiger partial charge in [-0.05, 0) is 42.7 Å². The zero-order valence-corrected chi connectivity index (χ0v) is 16.9. The Morgan fingerprint density at radius 1 is 1.14 bits per heavy atom. The van der Waals surface area contributed by atoms with Crippen LogP contribution in [0.2, 0.25) is 0 Å². The molecule has 0 saturated heterocycles. The van der Waals surface area contributed by atoms with E-state index in [0.717, 1.165) is 37.5 Å². The molecule has 0 aromatic heterocycles. The number of amides is 1. The number of carbonyl (C=O) groups is 1. The zero-order valence-electron chi connectivity index (χ0n) is 16.1. The Hall–Kier alpha value is -2.94. The molecule has 0 radical (unpaired) electrons. The molecule has 2 aromatic rings. The van der Waals surface area contributed by atoms with E-state index in [1.807, 2.05) is 24.3 Å². The van der Waals surface area contributed by atoms with Gasteiger partial charge in [0.1, 0.15) is 4.90 Å². The molecule has 9 heteroatoms. The van der Waals surface area contributed by atoms with Crippen molar-refractivity contribution in [3.63, 3.8) is 0 Å². The number of carbonyl (C=O) groups excluding carboxylic acids is 1. The number of anilines is 2. The van der Waals surface area contributed by atoms with E-state index in [1.165, 1.54) is 18.2 Å². The van der Waals surface area contributed by atoms with Gasteiger partial charge >= 0.3 is 0 Å². The third kappa shape index (κ3) is 5.32. The largest absolute Gasteiger partial charge is 0.381 e. The molecule has 29 heavy (non-hydrogen) atoms. The molecule has 1 saturated carbocycles. The number of rotatable bonds is 7. The number of hydrogen-bond acceptors (Lipinski definition) is 6. The van der Waals surface area contributed by atoms with E-state index in [1.54, 1.807) is 0 Å². The fraction of sp³-hybridized carbons (Fsp3) is 0.350. The van der Waals surface area contributed by atoms with E-state index < -0.39 is 20.4 Å². The van der Waals surface area contributed by atoms with Crippen LogP contribution in [0.15, 0.2) is 47.4 Å². The molecule has 1 amide bonds. The Labute approximate surface area is 169 Å². The zero-order chi connectivity index (χ0) is 21.0. The first-order chi connectivity index (χ1) is 13.7. The molecule has 0 heterocycles. The van der Waals surface area contributed by atoms with E-state index in [0.29, 0.717) is 17.9 Å². The summed E-state index contributed by atoms with van der Waals surface area (Å²) < 4.78 is 23.7. The van der Waals surface area contributed by atoms with Crippen molar-refractivity contribution in [1.82, 2.24) is 0 Å². The molecule has 0 spiro atoms. The van der Waals surface area contributed by atoms with Gasteiger partial charge in [-0.25, -0.2) is 8.42 Å². The van der Waals surface area contributed by atoms with Crippen LogP contribution in [0.25, 0.3) is 0 Å². The standard InChI is InChI=1S/C20H23N3O5S/c1-29(27,28)19-12-16(9-10-18(19)23(25)26)21-13-14-5-4-8-17(11-14)22-20(24)15-6-2-3-7-15/h4-5,8-12,15,21H,2-3,6-7,13H2,1H3,(H,22,24). The first-order valence-electron chi connectivity index (χ1n) is 9.36. The van der Waals surface area contributed by atoms with Gasteiger partial charge in [0.2, 0.25) is 5.91 Å². The molecular weight excluding hydrogens is 394 g/mol. The van der Waals surface area contributed by atoms with Crippen LogP contribution in [0.4, 0.5) is 17.1 Å². The molecule has 0 unspecified atom stereocenters. The second-order valence-electron chi connectivity index (χ2n) is 7.24. The summed E-state index contributed by atoms with van der Waals surface area (Å²) >= 11 is 0. The van der Waals surface area contributed by atoms with E-state index in [4.69, 9.17) is 0 Å². The Bertz CT molecular complexity index is 1030. The molecule has 0 bridgehead atoms. The maximum absolute atomic E-state index is 12.3. The molecule has 1 aliphatic carbocycles. The molecule has 1 fully saturated rings. The summed E-state index contributed by atoms with van der Waals surface area (Å²) in [5.41, 5.74) is 1.60. The molecule has 2 aromatic carbocycles. The Morgan fingerprint density at radius 3 is 2.52 bits per heavy atom. The first kappa shape index (κ1) is 20.8. The van der Waals surface area contributed by atoms with Crippen LogP contribution < -0.4 is 10.6 Å². The van der Waals surface area contributed by atoms with Crippen molar-refractivity contribution in [2.45, 2.75) is 37.1 Å². The summed E-state index contributed by atoms with van der Waals surface area (Å²) in [6, 6.07) is 11.3. The highest BCUT2D eigenvalue weighted by molar-refractivity contribution is 7.90. The fourth-order valence-corrected chi connectivity index (χ4v) is 4.33. The predicted octanol–water partition coefficient (Wildman–Crippen LogP) is 3.74. The predicted molar refractivity (Wildman–Crippen MR) is 111 cm³/mol. The number of hydrogen-bond donors (Lipinski definition) is 2. The maximum atomic E-state index is 12.3. The van der Waals surface area contributed by atoms with Crippen molar-refractivity contribution in [1.29, 1.82) is 0 Å². The molecule has 154 valence electrons. The van der Waals surface area contributed by atoms with Crippen LogP contribution >= 0.6 is 0 Å². The SMILES string of the molecule is CS(=O)(=O)c1cc(NCc2cccc(NC(=O)C3CCCC3)c2)ccc1[N+](=O)[O-]. The second-order valence-corrected chi connectivity index (χ2v) is 9.22. The Kier molecular flexibility index (Phi) is 6.17. The van der Waals surface area contributed by atoms with E-state index >= 15 is 0 Å². The van der Waals surface area contributed by atoms with Crippen molar-refractivity contribution in [2.24, 2.45) is 5.92 Å². The molecule has 8 nitrogen and oxygen atoms in total. The molecule has 1 aliphatic rings. The Morgan fingerprint density at radius 2 is 1.86 bits per heavy atom.